The molecule has 0 spiro atoms. The van der Waals surface area contributed by atoms with Crippen LogP contribution in [0.1, 0.15) is 34.3 Å². The summed E-state index contributed by atoms with van der Waals surface area (Å²) < 4.78 is 31.9. The highest BCUT2D eigenvalue weighted by Gasteiger charge is 2.18. The lowest BCUT2D eigenvalue weighted by molar-refractivity contribution is 0.0696. The second kappa shape index (κ2) is 6.29. The molecule has 1 aromatic heterocycles. The number of aryl methyl sites for hydroxylation is 2. The van der Waals surface area contributed by atoms with E-state index in [9.17, 15) is 13.2 Å². The first-order valence-electron chi connectivity index (χ1n) is 6.62. The maximum Gasteiger partial charge on any atom is 0.335 e. The number of carbonyl (C=O) groups is 1. The van der Waals surface area contributed by atoms with Gasteiger partial charge in [0, 0.05) is 12.1 Å². The Morgan fingerprint density at radius 1 is 1.32 bits per heavy atom. The lowest BCUT2D eigenvalue weighted by atomic mass is 10.1. The molecule has 2 rings (SSSR count). The van der Waals surface area contributed by atoms with Crippen molar-refractivity contribution in [2.45, 2.75) is 31.7 Å². The second-order valence-corrected chi connectivity index (χ2v) is 6.44. The fraction of sp³-hybridized carbons (Fsp3) is 0.286. The first-order chi connectivity index (χ1) is 10.3. The molecule has 0 atom stereocenters. The smallest absolute Gasteiger partial charge is 0.335 e. The Morgan fingerprint density at radius 2 is 1.95 bits per heavy atom. The average Bonchev–Trinajstić information content (AvgIpc) is 2.85. The van der Waals surface area contributed by atoms with E-state index in [1.807, 2.05) is 6.92 Å². The molecule has 1 aromatic carbocycles. The molecular formula is C14H16N2O5S. The van der Waals surface area contributed by atoms with Crippen LogP contribution in [0, 0.1) is 6.92 Å². The molecular weight excluding hydrogens is 308 g/mol. The van der Waals surface area contributed by atoms with Crippen molar-refractivity contribution in [2.24, 2.45) is 0 Å². The Hall–Kier alpha value is -2.19. The zero-order valence-electron chi connectivity index (χ0n) is 12.2. The highest BCUT2D eigenvalue weighted by Crippen LogP contribution is 2.16. The molecule has 8 heteroatoms. The van der Waals surface area contributed by atoms with Crippen LogP contribution in [0.3, 0.4) is 0 Å². The maximum absolute atomic E-state index is 12.2. The van der Waals surface area contributed by atoms with E-state index in [1.165, 1.54) is 24.3 Å². The number of carboxylic acids is 1. The summed E-state index contributed by atoms with van der Waals surface area (Å²) in [6, 6.07) is 5.01. The normalized spacial score (nSPS) is 11.5. The first kappa shape index (κ1) is 16.2. The van der Waals surface area contributed by atoms with E-state index in [2.05, 4.69) is 9.88 Å². The average molecular weight is 324 g/mol. The molecule has 7 nitrogen and oxygen atoms in total. The molecule has 0 radical (unpaired) electrons. The second-order valence-electron chi connectivity index (χ2n) is 4.67. The van der Waals surface area contributed by atoms with Gasteiger partial charge in [-0.2, -0.15) is 0 Å². The van der Waals surface area contributed by atoms with Gasteiger partial charge in [0.15, 0.2) is 0 Å². The lowest BCUT2D eigenvalue weighted by Crippen LogP contribution is -2.24. The van der Waals surface area contributed by atoms with Crippen LogP contribution in [0.5, 0.6) is 0 Å². The monoisotopic (exact) mass is 324 g/mol. The molecule has 2 aromatic rings. The number of hydrogen-bond acceptors (Lipinski definition) is 5. The summed E-state index contributed by atoms with van der Waals surface area (Å²) in [5, 5.41) is 12.7. The van der Waals surface area contributed by atoms with Gasteiger partial charge < -0.3 is 9.63 Å². The zero-order valence-corrected chi connectivity index (χ0v) is 13.0. The van der Waals surface area contributed by atoms with Crippen LogP contribution in [-0.4, -0.2) is 24.7 Å². The van der Waals surface area contributed by atoms with E-state index in [0.29, 0.717) is 23.4 Å². The van der Waals surface area contributed by atoms with Gasteiger partial charge in [-0.25, -0.2) is 17.9 Å². The molecule has 1 heterocycles. The Kier molecular flexibility index (Phi) is 4.62. The number of nitrogens with one attached hydrogen (secondary N) is 1. The highest BCUT2D eigenvalue weighted by molar-refractivity contribution is 7.89. The van der Waals surface area contributed by atoms with Crippen LogP contribution in [0.25, 0.3) is 0 Å². The van der Waals surface area contributed by atoms with Crippen molar-refractivity contribution in [2.75, 3.05) is 0 Å². The summed E-state index contributed by atoms with van der Waals surface area (Å²) in [5.41, 5.74) is 1.46. The fourth-order valence-corrected chi connectivity index (χ4v) is 2.96. The van der Waals surface area contributed by atoms with Crippen LogP contribution in [0.4, 0.5) is 0 Å². The Bertz CT molecular complexity index is 778. The van der Waals surface area contributed by atoms with E-state index >= 15 is 0 Å². The first-order valence-corrected chi connectivity index (χ1v) is 8.10. The summed E-state index contributed by atoms with van der Waals surface area (Å²) in [7, 11) is -3.73. The van der Waals surface area contributed by atoms with E-state index < -0.39 is 16.0 Å². The third-order valence-corrected chi connectivity index (χ3v) is 4.67. The maximum atomic E-state index is 12.2. The van der Waals surface area contributed by atoms with Crippen LogP contribution < -0.4 is 4.72 Å². The van der Waals surface area contributed by atoms with Crippen molar-refractivity contribution in [1.29, 1.82) is 0 Å². The number of benzene rings is 1. The molecule has 0 unspecified atom stereocenters. The third kappa shape index (κ3) is 3.34. The number of sulfonamides is 1. The van der Waals surface area contributed by atoms with Gasteiger partial charge in [0.05, 0.1) is 16.2 Å². The minimum Gasteiger partial charge on any atom is -0.478 e. The van der Waals surface area contributed by atoms with Gasteiger partial charge in [-0.1, -0.05) is 12.1 Å². The fourth-order valence-electron chi connectivity index (χ4n) is 1.97. The third-order valence-electron chi connectivity index (χ3n) is 3.25. The molecule has 0 bridgehead atoms. The molecule has 0 saturated heterocycles. The molecule has 0 aliphatic carbocycles. The number of hydrogen-bond donors (Lipinski definition) is 2. The van der Waals surface area contributed by atoms with E-state index in [1.54, 1.807) is 6.92 Å². The molecule has 118 valence electrons. The highest BCUT2D eigenvalue weighted by atomic mass is 32.2. The van der Waals surface area contributed by atoms with Crippen molar-refractivity contribution in [3.63, 3.8) is 0 Å². The van der Waals surface area contributed by atoms with Crippen molar-refractivity contribution in [3.8, 4) is 0 Å². The number of rotatable bonds is 6. The minimum atomic E-state index is -3.73. The van der Waals surface area contributed by atoms with Gasteiger partial charge in [-0.3, -0.25) is 0 Å². The minimum absolute atomic E-state index is 0.00431. The lowest BCUT2D eigenvalue weighted by Gasteiger charge is -2.07. The van der Waals surface area contributed by atoms with Crippen LogP contribution >= 0.6 is 0 Å². The molecule has 22 heavy (non-hydrogen) atoms. The summed E-state index contributed by atoms with van der Waals surface area (Å²) in [4.78, 5) is 10.8. The van der Waals surface area contributed by atoms with Crippen molar-refractivity contribution in [1.82, 2.24) is 9.88 Å². The van der Waals surface area contributed by atoms with Gasteiger partial charge in [-0.05, 0) is 37.6 Å². The predicted octanol–water partition coefficient (Wildman–Crippen LogP) is 1.72. The Labute approximate surface area is 128 Å². The summed E-state index contributed by atoms with van der Waals surface area (Å²) in [6.45, 7) is 3.69. The van der Waals surface area contributed by atoms with E-state index in [-0.39, 0.29) is 17.0 Å². The van der Waals surface area contributed by atoms with Gasteiger partial charge >= 0.3 is 5.97 Å². The number of aromatic nitrogens is 1. The topological polar surface area (TPSA) is 110 Å². The molecule has 0 aliphatic heterocycles. The SMILES string of the molecule is CCc1noc(C)c1CNS(=O)(=O)c1ccc(C(=O)O)cc1. The van der Waals surface area contributed by atoms with Gasteiger partial charge in [0.2, 0.25) is 10.0 Å². The van der Waals surface area contributed by atoms with Gasteiger partial charge in [-0.15, -0.1) is 0 Å². The van der Waals surface area contributed by atoms with E-state index in [0.717, 1.165) is 0 Å². The standard InChI is InChI=1S/C14H16N2O5S/c1-3-13-12(9(2)21-16-13)8-15-22(19,20)11-6-4-10(5-7-11)14(17)18/h4-7,15H,3,8H2,1-2H3,(H,17,18). The molecule has 0 saturated carbocycles. The molecule has 0 fully saturated rings. The van der Waals surface area contributed by atoms with Gasteiger partial charge in [0.1, 0.15) is 5.76 Å². The van der Waals surface area contributed by atoms with Crippen molar-refractivity contribution >= 4 is 16.0 Å². The Morgan fingerprint density at radius 3 is 2.50 bits per heavy atom. The largest absolute Gasteiger partial charge is 0.478 e. The van der Waals surface area contributed by atoms with Crippen molar-refractivity contribution < 1.29 is 22.8 Å². The summed E-state index contributed by atoms with van der Waals surface area (Å²) >= 11 is 0. The zero-order chi connectivity index (χ0) is 16.3. The van der Waals surface area contributed by atoms with Crippen LogP contribution in [0.2, 0.25) is 0 Å². The number of nitrogens with zero attached hydrogens (tertiary/aromatic N) is 1. The molecule has 0 aliphatic rings. The Balaban J connectivity index is 2.17. The quantitative estimate of drug-likeness (QED) is 0.837. The van der Waals surface area contributed by atoms with Crippen LogP contribution in [-0.2, 0) is 23.0 Å². The van der Waals surface area contributed by atoms with Crippen LogP contribution in [0.15, 0.2) is 33.7 Å². The number of carboxylic acid groups (broad SMARTS) is 1. The number of aromatic carboxylic acids is 1. The molecule has 2 N–H and O–H groups in total. The van der Waals surface area contributed by atoms with Gasteiger partial charge in [0.25, 0.3) is 0 Å². The molecule has 0 amide bonds. The van der Waals surface area contributed by atoms with Crippen molar-refractivity contribution in [3.05, 3.63) is 46.8 Å². The van der Waals surface area contributed by atoms with E-state index in [4.69, 9.17) is 9.63 Å². The summed E-state index contributed by atoms with van der Waals surface area (Å²) in [5.74, 6) is -0.537. The predicted molar refractivity (Wildman–Crippen MR) is 78.0 cm³/mol. The summed E-state index contributed by atoms with van der Waals surface area (Å²) in [6.07, 6.45) is 0.641.